The van der Waals surface area contributed by atoms with Crippen molar-refractivity contribution in [1.29, 1.82) is 0 Å². The molecule has 1 aliphatic heterocycles. The number of benzene rings is 1. The number of anilines is 1. The highest BCUT2D eigenvalue weighted by Gasteiger charge is 2.45. The molecule has 0 radical (unpaired) electrons. The van der Waals surface area contributed by atoms with E-state index in [4.69, 9.17) is 0 Å². The number of nitro groups is 1. The lowest BCUT2D eigenvalue weighted by Crippen LogP contribution is -2.43. The van der Waals surface area contributed by atoms with Gasteiger partial charge in [-0.05, 0) is 11.6 Å². The van der Waals surface area contributed by atoms with Crippen LogP contribution in [0.25, 0.3) is 0 Å². The molecule has 0 bridgehead atoms. The fourth-order valence-electron chi connectivity index (χ4n) is 2.22. The molecule has 1 aliphatic rings. The van der Waals surface area contributed by atoms with Crippen molar-refractivity contribution in [3.8, 4) is 0 Å². The van der Waals surface area contributed by atoms with E-state index < -0.39 is 5.41 Å². The van der Waals surface area contributed by atoms with Crippen LogP contribution in [0.2, 0.25) is 0 Å². The lowest BCUT2D eigenvalue weighted by atomic mass is 9.71. The van der Waals surface area contributed by atoms with Gasteiger partial charge in [0.2, 0.25) is 12.5 Å². The minimum Gasteiger partial charge on any atom is -0.325 e. The van der Waals surface area contributed by atoms with Crippen LogP contribution in [0.1, 0.15) is 25.3 Å². The fraction of sp³-hybridized carbons (Fsp3) is 0.417. The van der Waals surface area contributed by atoms with E-state index in [1.807, 2.05) is 12.1 Å². The summed E-state index contributed by atoms with van der Waals surface area (Å²) < 4.78 is 0. The van der Waals surface area contributed by atoms with Gasteiger partial charge in [0.15, 0.2) is 0 Å². The van der Waals surface area contributed by atoms with Crippen molar-refractivity contribution in [3.05, 3.63) is 39.9 Å². The minimum atomic E-state index is -0.762. The zero-order valence-electron chi connectivity index (χ0n) is 9.77. The molecular weight excluding hydrogens is 220 g/mol. The van der Waals surface area contributed by atoms with E-state index in [1.165, 1.54) is 0 Å². The van der Waals surface area contributed by atoms with Crippen LogP contribution in [-0.4, -0.2) is 17.4 Å². The number of para-hydroxylation sites is 1. The van der Waals surface area contributed by atoms with Crippen LogP contribution >= 0.6 is 0 Å². The summed E-state index contributed by atoms with van der Waals surface area (Å²) in [6.07, 6.45) is 0. The Balaban J connectivity index is 2.51. The van der Waals surface area contributed by atoms with Gasteiger partial charge in [0.1, 0.15) is 0 Å². The Bertz CT molecular complexity index is 482. The molecule has 1 amide bonds. The maximum atomic E-state index is 11.9. The molecule has 0 saturated carbocycles. The lowest BCUT2D eigenvalue weighted by molar-refractivity contribution is -0.485. The third-order valence-electron chi connectivity index (χ3n) is 3.37. The van der Waals surface area contributed by atoms with E-state index in [0.717, 1.165) is 5.56 Å². The summed E-state index contributed by atoms with van der Waals surface area (Å²) in [4.78, 5) is 22.3. The Morgan fingerprint density at radius 1 is 1.41 bits per heavy atom. The Hall–Kier alpha value is -1.91. The zero-order valence-corrected chi connectivity index (χ0v) is 9.77. The van der Waals surface area contributed by atoms with Crippen molar-refractivity contribution in [2.45, 2.75) is 19.8 Å². The van der Waals surface area contributed by atoms with Crippen molar-refractivity contribution in [1.82, 2.24) is 0 Å². The molecule has 0 saturated heterocycles. The van der Waals surface area contributed by atoms with Crippen LogP contribution in [0.4, 0.5) is 5.69 Å². The Morgan fingerprint density at radius 3 is 2.71 bits per heavy atom. The number of nitrogens with one attached hydrogen (secondary N) is 1. The summed E-state index contributed by atoms with van der Waals surface area (Å²) in [6, 6.07) is 7.25. The summed E-state index contributed by atoms with van der Waals surface area (Å²) in [6.45, 7) is 3.26. The van der Waals surface area contributed by atoms with Gasteiger partial charge < -0.3 is 5.32 Å². The molecular formula is C12H14N2O3. The first-order chi connectivity index (χ1) is 7.93. The van der Waals surface area contributed by atoms with Gasteiger partial charge in [-0.25, -0.2) is 0 Å². The highest BCUT2D eigenvalue weighted by molar-refractivity contribution is 5.98. The van der Waals surface area contributed by atoms with Gasteiger partial charge >= 0.3 is 0 Å². The number of nitrogens with zero attached hydrogens (tertiary/aromatic N) is 1. The number of hydrogen-bond donors (Lipinski definition) is 1. The van der Waals surface area contributed by atoms with Crippen molar-refractivity contribution in [2.24, 2.45) is 5.41 Å². The molecule has 1 heterocycles. The highest BCUT2D eigenvalue weighted by atomic mass is 16.6. The number of carbonyl (C=O) groups excluding carboxylic acids is 1. The third-order valence-corrected chi connectivity index (χ3v) is 3.37. The number of amides is 1. The minimum absolute atomic E-state index is 0.164. The average molecular weight is 234 g/mol. The van der Waals surface area contributed by atoms with Crippen molar-refractivity contribution in [3.63, 3.8) is 0 Å². The molecule has 0 unspecified atom stereocenters. The Kier molecular flexibility index (Phi) is 2.61. The Labute approximate surface area is 99.0 Å². The Morgan fingerprint density at radius 2 is 2.06 bits per heavy atom. The van der Waals surface area contributed by atoms with Crippen LogP contribution in [0.3, 0.4) is 0 Å². The van der Waals surface area contributed by atoms with Gasteiger partial charge in [-0.2, -0.15) is 0 Å². The molecule has 0 spiro atoms. The first-order valence-corrected chi connectivity index (χ1v) is 5.45. The van der Waals surface area contributed by atoms with Gasteiger partial charge in [-0.15, -0.1) is 0 Å². The molecule has 1 N–H and O–H groups in total. The summed E-state index contributed by atoms with van der Waals surface area (Å²) in [7, 11) is 0. The zero-order chi connectivity index (χ0) is 12.6. The second-order valence-electron chi connectivity index (χ2n) is 4.83. The van der Waals surface area contributed by atoms with Crippen LogP contribution in [0.15, 0.2) is 24.3 Å². The highest BCUT2D eigenvalue weighted by Crippen LogP contribution is 2.43. The summed E-state index contributed by atoms with van der Waals surface area (Å²) in [5.74, 6) is -0.550. The van der Waals surface area contributed by atoms with Gasteiger partial charge in [0, 0.05) is 10.6 Å². The van der Waals surface area contributed by atoms with Crippen LogP contribution in [0, 0.1) is 15.5 Å². The summed E-state index contributed by atoms with van der Waals surface area (Å²) in [5.41, 5.74) is 0.763. The van der Waals surface area contributed by atoms with E-state index in [0.29, 0.717) is 5.69 Å². The normalized spacial score (nSPS) is 21.5. The molecule has 17 heavy (non-hydrogen) atoms. The monoisotopic (exact) mass is 234 g/mol. The quantitative estimate of drug-likeness (QED) is 0.628. The molecule has 0 fully saturated rings. The standard InChI is InChI=1S/C12H14N2O3/c1-12(2)9(7-14(16)17)8-5-3-4-6-10(8)13-11(12)15/h3-6,9H,7H2,1-2H3,(H,13,15)/t9-/m0/s1. The summed E-state index contributed by atoms with van der Waals surface area (Å²) in [5, 5.41) is 13.5. The maximum absolute atomic E-state index is 11.9. The molecule has 0 aliphatic carbocycles. The van der Waals surface area contributed by atoms with Crippen molar-refractivity contribution < 1.29 is 9.72 Å². The molecule has 5 nitrogen and oxygen atoms in total. The van der Waals surface area contributed by atoms with Gasteiger partial charge in [-0.3, -0.25) is 14.9 Å². The van der Waals surface area contributed by atoms with Crippen LogP contribution < -0.4 is 5.32 Å². The topological polar surface area (TPSA) is 72.2 Å². The summed E-state index contributed by atoms with van der Waals surface area (Å²) >= 11 is 0. The second kappa shape index (κ2) is 3.84. The number of carbonyl (C=O) groups is 1. The molecule has 90 valence electrons. The van der Waals surface area contributed by atoms with Crippen LogP contribution in [-0.2, 0) is 4.79 Å². The fourth-order valence-corrected chi connectivity index (χ4v) is 2.22. The number of hydrogen-bond acceptors (Lipinski definition) is 3. The number of fused-ring (bicyclic) bond motifs is 1. The lowest BCUT2D eigenvalue weighted by Gasteiger charge is -2.36. The van der Waals surface area contributed by atoms with E-state index in [2.05, 4.69) is 5.32 Å². The number of rotatable bonds is 2. The molecule has 2 rings (SSSR count). The smallest absolute Gasteiger partial charge is 0.230 e. The predicted molar refractivity (Wildman–Crippen MR) is 63.5 cm³/mol. The second-order valence-corrected chi connectivity index (χ2v) is 4.83. The SMILES string of the molecule is CC1(C)C(=O)Nc2ccccc2[C@@H]1C[N+](=O)[O-]. The first-order valence-electron chi connectivity index (χ1n) is 5.45. The van der Waals surface area contributed by atoms with E-state index in [1.54, 1.807) is 26.0 Å². The van der Waals surface area contributed by atoms with Crippen molar-refractivity contribution >= 4 is 11.6 Å². The predicted octanol–water partition coefficient (Wildman–Crippen LogP) is 2.03. The largest absolute Gasteiger partial charge is 0.325 e. The first kappa shape index (κ1) is 11.6. The van der Waals surface area contributed by atoms with Gasteiger partial charge in [0.25, 0.3) is 0 Å². The van der Waals surface area contributed by atoms with Gasteiger partial charge in [0.05, 0.1) is 11.3 Å². The van der Waals surface area contributed by atoms with E-state index in [-0.39, 0.29) is 23.3 Å². The molecule has 1 aromatic rings. The maximum Gasteiger partial charge on any atom is 0.230 e. The van der Waals surface area contributed by atoms with E-state index in [9.17, 15) is 14.9 Å². The molecule has 5 heteroatoms. The third kappa shape index (κ3) is 1.88. The van der Waals surface area contributed by atoms with Crippen LogP contribution in [0.5, 0.6) is 0 Å². The van der Waals surface area contributed by atoms with Gasteiger partial charge in [-0.1, -0.05) is 32.0 Å². The van der Waals surface area contributed by atoms with Crippen molar-refractivity contribution in [2.75, 3.05) is 11.9 Å². The van der Waals surface area contributed by atoms with E-state index >= 15 is 0 Å². The average Bonchev–Trinajstić information content (AvgIpc) is 2.25. The molecule has 1 aromatic carbocycles. The molecule has 1 atom stereocenters. The molecule has 0 aromatic heterocycles.